The highest BCUT2D eigenvalue weighted by Gasteiger charge is 2.21. The summed E-state index contributed by atoms with van der Waals surface area (Å²) in [7, 11) is 0. The summed E-state index contributed by atoms with van der Waals surface area (Å²) in [4.78, 5) is 10.3. The Hall–Kier alpha value is -2.02. The van der Waals surface area contributed by atoms with Gasteiger partial charge in [-0.05, 0) is 46.6 Å². The Morgan fingerprint density at radius 1 is 1.47 bits per heavy atom. The lowest BCUT2D eigenvalue weighted by atomic mass is 10.2. The molecule has 0 unspecified atom stereocenters. The van der Waals surface area contributed by atoms with Crippen molar-refractivity contribution in [1.29, 1.82) is 0 Å². The standard InChI is InChI=1S/C12H8BrFN2O3/c1-7-12(16(17)18)11(19-15-7)5-3-8-2-4-10(14)9(13)6-8/h2-6H,1H3/b5-3+. The van der Waals surface area contributed by atoms with Crippen molar-refractivity contribution in [2.24, 2.45) is 0 Å². The van der Waals surface area contributed by atoms with E-state index in [-0.39, 0.29) is 23.0 Å². The van der Waals surface area contributed by atoms with Crippen molar-refractivity contribution in [3.63, 3.8) is 0 Å². The largest absolute Gasteiger partial charge is 0.349 e. The lowest BCUT2D eigenvalue weighted by Gasteiger charge is -1.96. The van der Waals surface area contributed by atoms with E-state index in [9.17, 15) is 14.5 Å². The van der Waals surface area contributed by atoms with Crippen LogP contribution >= 0.6 is 15.9 Å². The highest BCUT2D eigenvalue weighted by molar-refractivity contribution is 9.10. The van der Waals surface area contributed by atoms with Crippen LogP contribution in [0.25, 0.3) is 12.2 Å². The van der Waals surface area contributed by atoms with Crippen molar-refractivity contribution in [2.45, 2.75) is 6.92 Å². The van der Waals surface area contributed by atoms with Gasteiger partial charge in [0.15, 0.2) is 5.69 Å². The minimum absolute atomic E-state index is 0.0583. The van der Waals surface area contributed by atoms with Crippen molar-refractivity contribution in [3.05, 3.63) is 55.6 Å². The number of hydrogen-bond donors (Lipinski definition) is 0. The van der Waals surface area contributed by atoms with Gasteiger partial charge in [0.1, 0.15) is 5.82 Å². The summed E-state index contributed by atoms with van der Waals surface area (Å²) in [5.74, 6) is -0.318. The number of aryl methyl sites for hydroxylation is 1. The van der Waals surface area contributed by atoms with Crippen LogP contribution < -0.4 is 0 Å². The minimum atomic E-state index is -0.550. The summed E-state index contributed by atoms with van der Waals surface area (Å²) in [5, 5.41) is 14.4. The smallest absolute Gasteiger partial charge is 0.338 e. The first-order valence-electron chi connectivity index (χ1n) is 5.23. The van der Waals surface area contributed by atoms with E-state index in [0.29, 0.717) is 10.0 Å². The maximum atomic E-state index is 13.0. The zero-order valence-corrected chi connectivity index (χ0v) is 11.3. The lowest BCUT2D eigenvalue weighted by molar-refractivity contribution is -0.386. The zero-order chi connectivity index (χ0) is 14.0. The number of hydrogen-bond acceptors (Lipinski definition) is 4. The second kappa shape index (κ2) is 5.31. The van der Waals surface area contributed by atoms with Crippen LogP contribution in [0.3, 0.4) is 0 Å². The fourth-order valence-electron chi connectivity index (χ4n) is 1.50. The van der Waals surface area contributed by atoms with E-state index < -0.39 is 4.92 Å². The summed E-state index contributed by atoms with van der Waals surface area (Å²) < 4.78 is 18.2. The summed E-state index contributed by atoms with van der Waals surface area (Å²) >= 11 is 3.06. The summed E-state index contributed by atoms with van der Waals surface area (Å²) in [6, 6.07) is 4.40. The molecule has 7 heteroatoms. The Bertz CT molecular complexity index is 667. The molecule has 2 rings (SSSR count). The van der Waals surface area contributed by atoms with Gasteiger partial charge in [-0.25, -0.2) is 4.39 Å². The molecule has 0 aliphatic rings. The van der Waals surface area contributed by atoms with Gasteiger partial charge in [-0.15, -0.1) is 0 Å². The highest BCUT2D eigenvalue weighted by Crippen LogP contribution is 2.25. The Balaban J connectivity index is 2.32. The second-order valence-corrected chi connectivity index (χ2v) is 4.60. The molecule has 0 fully saturated rings. The molecule has 0 aliphatic heterocycles. The lowest BCUT2D eigenvalue weighted by Crippen LogP contribution is -1.90. The number of benzene rings is 1. The van der Waals surface area contributed by atoms with E-state index in [1.54, 1.807) is 18.2 Å². The molecule has 2 aromatic rings. The molecule has 0 atom stereocenters. The van der Waals surface area contributed by atoms with Crippen molar-refractivity contribution in [3.8, 4) is 0 Å². The number of nitrogens with zero attached hydrogens (tertiary/aromatic N) is 2. The quantitative estimate of drug-likeness (QED) is 0.632. The van der Waals surface area contributed by atoms with Gasteiger partial charge < -0.3 is 4.52 Å². The first-order chi connectivity index (χ1) is 8.99. The first-order valence-corrected chi connectivity index (χ1v) is 6.02. The Kier molecular flexibility index (Phi) is 3.75. The van der Waals surface area contributed by atoms with Crippen molar-refractivity contribution < 1.29 is 13.8 Å². The summed E-state index contributed by atoms with van der Waals surface area (Å²) in [5.41, 5.74) is 0.721. The molecule has 0 saturated heterocycles. The highest BCUT2D eigenvalue weighted by atomic mass is 79.9. The Labute approximate surface area is 116 Å². The Morgan fingerprint density at radius 3 is 2.84 bits per heavy atom. The fourth-order valence-corrected chi connectivity index (χ4v) is 1.90. The number of nitro groups is 1. The van der Waals surface area contributed by atoms with Crippen LogP contribution in [-0.4, -0.2) is 10.1 Å². The van der Waals surface area contributed by atoms with E-state index >= 15 is 0 Å². The molecule has 0 aliphatic carbocycles. The van der Waals surface area contributed by atoms with Gasteiger partial charge >= 0.3 is 5.69 Å². The average Bonchev–Trinajstić information content (AvgIpc) is 2.72. The van der Waals surface area contributed by atoms with Gasteiger partial charge in [0.25, 0.3) is 0 Å². The molecule has 1 heterocycles. The van der Waals surface area contributed by atoms with Crippen molar-refractivity contribution >= 4 is 33.8 Å². The Morgan fingerprint density at radius 2 is 2.21 bits per heavy atom. The van der Waals surface area contributed by atoms with E-state index in [2.05, 4.69) is 21.1 Å². The third-order valence-corrected chi connectivity index (χ3v) is 3.02. The van der Waals surface area contributed by atoms with Gasteiger partial charge in [0.05, 0.1) is 9.40 Å². The van der Waals surface area contributed by atoms with Gasteiger partial charge in [0, 0.05) is 0 Å². The van der Waals surface area contributed by atoms with Gasteiger partial charge in [-0.2, -0.15) is 0 Å². The van der Waals surface area contributed by atoms with Crippen molar-refractivity contribution in [1.82, 2.24) is 5.16 Å². The second-order valence-electron chi connectivity index (χ2n) is 3.74. The minimum Gasteiger partial charge on any atom is -0.349 e. The molecule has 19 heavy (non-hydrogen) atoms. The molecule has 5 nitrogen and oxygen atoms in total. The van der Waals surface area contributed by atoms with E-state index in [1.807, 2.05) is 0 Å². The molecule has 0 bridgehead atoms. The molecule has 0 amide bonds. The van der Waals surface area contributed by atoms with Gasteiger partial charge in [-0.3, -0.25) is 10.1 Å². The monoisotopic (exact) mass is 326 g/mol. The third kappa shape index (κ3) is 2.87. The van der Waals surface area contributed by atoms with E-state index in [4.69, 9.17) is 4.52 Å². The number of aromatic nitrogens is 1. The fraction of sp³-hybridized carbons (Fsp3) is 0.0833. The summed E-state index contributed by atoms with van der Waals surface area (Å²) in [6.07, 6.45) is 3.01. The van der Waals surface area contributed by atoms with E-state index in [1.165, 1.54) is 19.1 Å². The molecule has 1 aromatic carbocycles. The van der Waals surface area contributed by atoms with Crippen LogP contribution in [0.1, 0.15) is 17.0 Å². The molecule has 0 N–H and O–H groups in total. The molecule has 98 valence electrons. The van der Waals surface area contributed by atoms with Gasteiger partial charge in [0.2, 0.25) is 5.76 Å². The first kappa shape index (κ1) is 13.4. The molecular weight excluding hydrogens is 319 g/mol. The third-order valence-electron chi connectivity index (χ3n) is 2.41. The van der Waals surface area contributed by atoms with Crippen LogP contribution in [0.2, 0.25) is 0 Å². The molecule has 1 aromatic heterocycles. The maximum absolute atomic E-state index is 13.0. The van der Waals surface area contributed by atoms with Crippen molar-refractivity contribution in [2.75, 3.05) is 0 Å². The topological polar surface area (TPSA) is 69.2 Å². The SMILES string of the molecule is Cc1noc(/C=C/c2ccc(F)c(Br)c2)c1[N+](=O)[O-]. The predicted octanol–water partition coefficient (Wildman–Crippen LogP) is 3.96. The molecular formula is C12H8BrFN2O3. The van der Waals surface area contributed by atoms with Crippen LogP contribution in [-0.2, 0) is 0 Å². The molecule has 0 saturated carbocycles. The van der Waals surface area contributed by atoms with Crippen LogP contribution in [0, 0.1) is 22.9 Å². The molecule has 0 radical (unpaired) electrons. The number of halogens is 2. The van der Waals surface area contributed by atoms with Gasteiger partial charge in [-0.1, -0.05) is 17.3 Å². The van der Waals surface area contributed by atoms with Crippen LogP contribution in [0.4, 0.5) is 10.1 Å². The predicted molar refractivity (Wildman–Crippen MR) is 70.9 cm³/mol. The average molecular weight is 327 g/mol. The zero-order valence-electron chi connectivity index (χ0n) is 9.76. The van der Waals surface area contributed by atoms with Crippen LogP contribution in [0.5, 0.6) is 0 Å². The maximum Gasteiger partial charge on any atom is 0.338 e. The molecule has 0 spiro atoms. The normalized spacial score (nSPS) is 11.1. The number of rotatable bonds is 3. The van der Waals surface area contributed by atoms with Crippen LogP contribution in [0.15, 0.2) is 27.2 Å². The summed E-state index contributed by atoms with van der Waals surface area (Å²) in [6.45, 7) is 1.49. The van der Waals surface area contributed by atoms with E-state index in [0.717, 1.165) is 0 Å².